The van der Waals surface area contributed by atoms with Gasteiger partial charge in [-0.15, -0.1) is 11.6 Å². The van der Waals surface area contributed by atoms with E-state index >= 15 is 0 Å². The van der Waals surface area contributed by atoms with Crippen LogP contribution in [0.2, 0.25) is 0 Å². The molecule has 0 spiro atoms. The molecular formula is C11H11ClN2O4. The number of hydrogen-bond donors (Lipinski definition) is 0. The van der Waals surface area contributed by atoms with E-state index in [1.165, 1.54) is 24.1 Å². The van der Waals surface area contributed by atoms with Crippen molar-refractivity contribution in [1.29, 1.82) is 0 Å². The predicted octanol–water partition coefficient (Wildman–Crippen LogP) is 1.73. The number of nitro groups is 1. The van der Waals surface area contributed by atoms with Crippen LogP contribution < -0.4 is 9.64 Å². The van der Waals surface area contributed by atoms with Gasteiger partial charge in [-0.25, -0.2) is 0 Å². The van der Waals surface area contributed by atoms with Crippen molar-refractivity contribution >= 4 is 28.9 Å². The highest BCUT2D eigenvalue weighted by Gasteiger charge is 2.28. The smallest absolute Gasteiger partial charge is 0.311 e. The molecule has 0 aromatic heterocycles. The van der Waals surface area contributed by atoms with Crippen molar-refractivity contribution in [3.05, 3.63) is 27.8 Å². The van der Waals surface area contributed by atoms with E-state index in [-0.39, 0.29) is 23.2 Å². The third-order valence-electron chi connectivity index (χ3n) is 2.89. The van der Waals surface area contributed by atoms with Gasteiger partial charge in [-0.1, -0.05) is 0 Å². The summed E-state index contributed by atoms with van der Waals surface area (Å²) in [5.41, 5.74) is 1.32. The lowest BCUT2D eigenvalue weighted by Gasteiger charge is -2.16. The Kier molecular flexibility index (Phi) is 3.38. The van der Waals surface area contributed by atoms with Crippen molar-refractivity contribution in [2.75, 3.05) is 24.4 Å². The third-order valence-corrected chi connectivity index (χ3v) is 3.12. The van der Waals surface area contributed by atoms with Crippen LogP contribution in [0.15, 0.2) is 12.1 Å². The fourth-order valence-corrected chi connectivity index (χ4v) is 2.19. The Hall–Kier alpha value is -1.82. The molecule has 1 aromatic rings. The average Bonchev–Trinajstić information content (AvgIpc) is 2.78. The van der Waals surface area contributed by atoms with Gasteiger partial charge in [-0.3, -0.25) is 14.9 Å². The molecule has 0 saturated carbocycles. The second kappa shape index (κ2) is 4.81. The summed E-state index contributed by atoms with van der Waals surface area (Å²) in [6.07, 6.45) is 0.586. The maximum absolute atomic E-state index is 11.6. The number of benzene rings is 1. The van der Waals surface area contributed by atoms with Crippen molar-refractivity contribution < 1.29 is 14.5 Å². The Morgan fingerprint density at radius 1 is 1.61 bits per heavy atom. The quantitative estimate of drug-likeness (QED) is 0.476. The maximum Gasteiger partial charge on any atom is 0.311 e. The first-order valence-corrected chi connectivity index (χ1v) is 5.83. The molecule has 0 unspecified atom stereocenters. The summed E-state index contributed by atoms with van der Waals surface area (Å²) >= 11 is 5.52. The summed E-state index contributed by atoms with van der Waals surface area (Å²) in [6, 6.07) is 2.97. The molecule has 1 aliphatic heterocycles. The molecule has 0 aliphatic carbocycles. The van der Waals surface area contributed by atoms with Gasteiger partial charge < -0.3 is 9.64 Å². The molecule has 2 rings (SSSR count). The Bertz CT molecular complexity index is 518. The summed E-state index contributed by atoms with van der Waals surface area (Å²) < 4.78 is 4.98. The maximum atomic E-state index is 11.6. The van der Waals surface area contributed by atoms with E-state index in [4.69, 9.17) is 16.3 Å². The van der Waals surface area contributed by atoms with Gasteiger partial charge >= 0.3 is 5.69 Å². The van der Waals surface area contributed by atoms with Gasteiger partial charge in [0.05, 0.1) is 17.7 Å². The molecule has 0 N–H and O–H groups in total. The number of hydrogen-bond acceptors (Lipinski definition) is 4. The van der Waals surface area contributed by atoms with E-state index in [0.29, 0.717) is 18.7 Å². The van der Waals surface area contributed by atoms with E-state index < -0.39 is 4.92 Å². The predicted molar refractivity (Wildman–Crippen MR) is 66.4 cm³/mol. The number of rotatable bonds is 3. The molecule has 6 nitrogen and oxygen atoms in total. The summed E-state index contributed by atoms with van der Waals surface area (Å²) in [5, 5.41) is 10.9. The minimum atomic E-state index is -0.495. The summed E-state index contributed by atoms with van der Waals surface area (Å²) in [5.74, 6) is -0.182. The molecule has 0 atom stereocenters. The third kappa shape index (κ3) is 1.99. The SMILES string of the molecule is COc1cc2c(cc1[N+](=O)[O-])CCN2C(=O)CCl. The minimum absolute atomic E-state index is 0.0866. The molecule has 1 aromatic carbocycles. The van der Waals surface area contributed by atoms with Crippen LogP contribution in [0, 0.1) is 10.1 Å². The zero-order chi connectivity index (χ0) is 13.3. The number of halogens is 1. The Morgan fingerprint density at radius 3 is 2.89 bits per heavy atom. The zero-order valence-electron chi connectivity index (χ0n) is 9.68. The fraction of sp³-hybridized carbons (Fsp3) is 0.364. The first-order chi connectivity index (χ1) is 8.58. The number of ether oxygens (including phenoxy) is 1. The van der Waals surface area contributed by atoms with Crippen LogP contribution >= 0.6 is 11.6 Å². The van der Waals surface area contributed by atoms with Crippen LogP contribution in [0.5, 0.6) is 5.75 Å². The first-order valence-electron chi connectivity index (χ1n) is 5.30. The molecular weight excluding hydrogens is 260 g/mol. The summed E-state index contributed by atoms with van der Waals surface area (Å²) in [7, 11) is 1.36. The first kappa shape index (κ1) is 12.6. The van der Waals surface area contributed by atoms with Gasteiger partial charge in [0, 0.05) is 18.7 Å². The number of nitrogens with zero attached hydrogens (tertiary/aromatic N) is 2. The molecule has 0 saturated heterocycles. The highest BCUT2D eigenvalue weighted by Crippen LogP contribution is 2.38. The number of anilines is 1. The summed E-state index contributed by atoms with van der Waals surface area (Å²) in [6.45, 7) is 0.491. The van der Waals surface area contributed by atoms with Crippen molar-refractivity contribution in [2.24, 2.45) is 0 Å². The second-order valence-electron chi connectivity index (χ2n) is 3.84. The Morgan fingerprint density at radius 2 is 2.33 bits per heavy atom. The lowest BCUT2D eigenvalue weighted by atomic mass is 10.1. The number of fused-ring (bicyclic) bond motifs is 1. The lowest BCUT2D eigenvalue weighted by molar-refractivity contribution is -0.385. The topological polar surface area (TPSA) is 72.7 Å². The van der Waals surface area contributed by atoms with E-state index in [1.54, 1.807) is 0 Å². The molecule has 0 bridgehead atoms. The fourth-order valence-electron chi connectivity index (χ4n) is 2.04. The van der Waals surface area contributed by atoms with Crippen molar-refractivity contribution in [3.8, 4) is 5.75 Å². The molecule has 1 aliphatic rings. The van der Waals surface area contributed by atoms with Crippen LogP contribution in [-0.2, 0) is 11.2 Å². The van der Waals surface area contributed by atoms with Crippen LogP contribution in [0.3, 0.4) is 0 Å². The van der Waals surface area contributed by atoms with Crippen LogP contribution in [-0.4, -0.2) is 30.4 Å². The minimum Gasteiger partial charge on any atom is -0.490 e. The van der Waals surface area contributed by atoms with Gasteiger partial charge in [0.2, 0.25) is 5.91 Å². The van der Waals surface area contributed by atoms with Crippen molar-refractivity contribution in [3.63, 3.8) is 0 Å². The molecule has 96 valence electrons. The molecule has 1 amide bonds. The van der Waals surface area contributed by atoms with E-state index in [2.05, 4.69) is 0 Å². The molecule has 7 heteroatoms. The number of nitro benzene ring substituents is 1. The second-order valence-corrected chi connectivity index (χ2v) is 4.11. The molecule has 18 heavy (non-hydrogen) atoms. The van der Waals surface area contributed by atoms with E-state index in [1.807, 2.05) is 0 Å². The van der Waals surface area contributed by atoms with E-state index in [0.717, 1.165) is 5.56 Å². The van der Waals surface area contributed by atoms with Crippen LogP contribution in [0.25, 0.3) is 0 Å². The highest BCUT2D eigenvalue weighted by atomic mass is 35.5. The van der Waals surface area contributed by atoms with Crippen LogP contribution in [0.1, 0.15) is 5.56 Å². The van der Waals surface area contributed by atoms with Gasteiger partial charge in [0.1, 0.15) is 5.88 Å². The average molecular weight is 271 g/mol. The molecule has 0 radical (unpaired) electrons. The number of carbonyl (C=O) groups excluding carboxylic acids is 1. The van der Waals surface area contributed by atoms with E-state index in [9.17, 15) is 14.9 Å². The van der Waals surface area contributed by atoms with Crippen molar-refractivity contribution in [1.82, 2.24) is 0 Å². The van der Waals surface area contributed by atoms with Gasteiger partial charge in [0.25, 0.3) is 0 Å². The van der Waals surface area contributed by atoms with Crippen molar-refractivity contribution in [2.45, 2.75) is 6.42 Å². The molecule has 1 heterocycles. The van der Waals surface area contributed by atoms with Crippen LogP contribution in [0.4, 0.5) is 11.4 Å². The number of methoxy groups -OCH3 is 1. The monoisotopic (exact) mass is 270 g/mol. The van der Waals surface area contributed by atoms with Gasteiger partial charge in [0.15, 0.2) is 5.75 Å². The number of amides is 1. The zero-order valence-corrected chi connectivity index (χ0v) is 10.4. The standard InChI is InChI=1S/C11H11ClN2O4/c1-18-10-5-8-7(4-9(10)14(16)17)2-3-13(8)11(15)6-12/h4-5H,2-3,6H2,1H3. The highest BCUT2D eigenvalue weighted by molar-refractivity contribution is 6.29. The largest absolute Gasteiger partial charge is 0.490 e. The Labute approximate surface area is 108 Å². The van der Waals surface area contributed by atoms with Gasteiger partial charge in [-0.05, 0) is 12.0 Å². The normalized spacial score (nSPS) is 13.3. The molecule has 0 fully saturated rings. The Balaban J connectivity index is 2.49. The number of carbonyl (C=O) groups is 1. The van der Waals surface area contributed by atoms with Gasteiger partial charge in [-0.2, -0.15) is 0 Å². The summed E-state index contributed by atoms with van der Waals surface area (Å²) in [4.78, 5) is 23.5. The number of alkyl halides is 1. The lowest BCUT2D eigenvalue weighted by Crippen LogP contribution is -2.29.